The van der Waals surface area contributed by atoms with Gasteiger partial charge in [0.15, 0.2) is 17.3 Å². The van der Waals surface area contributed by atoms with E-state index in [1.165, 1.54) is 23.9 Å². The Kier molecular flexibility index (Phi) is 2.63. The highest BCUT2D eigenvalue weighted by Gasteiger charge is 2.13. The number of carboxylic acids is 1. The first-order valence-electron chi connectivity index (χ1n) is 4.72. The lowest BCUT2D eigenvalue weighted by Crippen LogP contribution is -1.99. The number of aryl methyl sites for hydroxylation is 1. The van der Waals surface area contributed by atoms with E-state index >= 15 is 0 Å². The van der Waals surface area contributed by atoms with E-state index in [2.05, 4.69) is 5.10 Å². The Hall–Kier alpha value is -2.24. The summed E-state index contributed by atoms with van der Waals surface area (Å²) in [6.07, 6.45) is 0. The maximum Gasteiger partial charge on any atom is 0.356 e. The van der Waals surface area contributed by atoms with E-state index in [-0.39, 0.29) is 5.69 Å². The molecule has 4 nitrogen and oxygen atoms in total. The third-order valence-corrected chi connectivity index (χ3v) is 2.31. The summed E-state index contributed by atoms with van der Waals surface area (Å²) < 4.78 is 27.1. The Balaban J connectivity index is 2.52. The molecule has 88 valence electrons. The number of carboxylic acid groups (broad SMARTS) is 1. The average molecular weight is 238 g/mol. The maximum absolute atomic E-state index is 13.0. The second kappa shape index (κ2) is 3.97. The van der Waals surface area contributed by atoms with Gasteiger partial charge in [0.25, 0.3) is 0 Å². The molecular weight excluding hydrogens is 230 g/mol. The quantitative estimate of drug-likeness (QED) is 0.871. The van der Waals surface area contributed by atoms with Crippen molar-refractivity contribution in [2.75, 3.05) is 0 Å². The zero-order valence-corrected chi connectivity index (χ0v) is 8.82. The smallest absolute Gasteiger partial charge is 0.356 e. The van der Waals surface area contributed by atoms with Gasteiger partial charge in [0.2, 0.25) is 0 Å². The molecule has 1 aromatic heterocycles. The van der Waals surface area contributed by atoms with Gasteiger partial charge in [-0.15, -0.1) is 0 Å². The van der Waals surface area contributed by atoms with Crippen LogP contribution in [-0.4, -0.2) is 20.9 Å². The number of halogens is 2. The molecule has 1 aromatic carbocycles. The first-order chi connectivity index (χ1) is 7.99. The lowest BCUT2D eigenvalue weighted by molar-refractivity contribution is 0.0689. The Morgan fingerprint density at radius 3 is 2.53 bits per heavy atom. The number of aromatic carboxylic acids is 1. The molecule has 0 aliphatic carbocycles. The fourth-order valence-electron chi connectivity index (χ4n) is 1.50. The van der Waals surface area contributed by atoms with Gasteiger partial charge in [0.05, 0.1) is 5.69 Å². The minimum Gasteiger partial charge on any atom is -0.476 e. The number of carbonyl (C=O) groups is 1. The van der Waals surface area contributed by atoms with Crippen molar-refractivity contribution in [2.45, 2.75) is 0 Å². The largest absolute Gasteiger partial charge is 0.476 e. The van der Waals surface area contributed by atoms with Gasteiger partial charge in [-0.25, -0.2) is 13.6 Å². The number of hydrogen-bond acceptors (Lipinski definition) is 2. The van der Waals surface area contributed by atoms with Gasteiger partial charge in [0.1, 0.15) is 0 Å². The molecule has 1 heterocycles. The summed E-state index contributed by atoms with van der Waals surface area (Å²) in [5.74, 6) is -3.11. The van der Waals surface area contributed by atoms with E-state index in [0.717, 1.165) is 12.1 Å². The lowest BCUT2D eigenvalue weighted by Gasteiger charge is -2.01. The molecule has 0 aliphatic heterocycles. The van der Waals surface area contributed by atoms with Crippen LogP contribution in [0.4, 0.5) is 8.78 Å². The number of benzene rings is 1. The molecular formula is C11H8F2N2O2. The zero-order chi connectivity index (χ0) is 12.6. The van der Waals surface area contributed by atoms with Crippen molar-refractivity contribution in [1.82, 2.24) is 9.78 Å². The summed E-state index contributed by atoms with van der Waals surface area (Å²) in [5.41, 5.74) is 0.625. The van der Waals surface area contributed by atoms with Crippen LogP contribution in [-0.2, 0) is 7.05 Å². The van der Waals surface area contributed by atoms with Crippen LogP contribution in [0.1, 0.15) is 10.5 Å². The van der Waals surface area contributed by atoms with E-state index in [0.29, 0.717) is 11.3 Å². The summed E-state index contributed by atoms with van der Waals surface area (Å²) in [7, 11) is 1.53. The second-order valence-electron chi connectivity index (χ2n) is 3.47. The molecule has 6 heteroatoms. The van der Waals surface area contributed by atoms with Crippen molar-refractivity contribution in [3.63, 3.8) is 0 Å². The third-order valence-electron chi connectivity index (χ3n) is 2.31. The van der Waals surface area contributed by atoms with Gasteiger partial charge in [-0.2, -0.15) is 5.10 Å². The molecule has 0 unspecified atom stereocenters. The normalized spacial score (nSPS) is 10.5. The fourth-order valence-corrected chi connectivity index (χ4v) is 1.50. The SMILES string of the molecule is Cn1nc(C(=O)O)cc1-c1ccc(F)c(F)c1. The average Bonchev–Trinajstić information content (AvgIpc) is 2.65. The highest BCUT2D eigenvalue weighted by molar-refractivity contribution is 5.86. The van der Waals surface area contributed by atoms with Crippen LogP contribution in [0.25, 0.3) is 11.3 Å². The third kappa shape index (κ3) is 2.01. The Morgan fingerprint density at radius 2 is 2.00 bits per heavy atom. The fraction of sp³-hybridized carbons (Fsp3) is 0.0909. The van der Waals surface area contributed by atoms with Gasteiger partial charge in [-0.3, -0.25) is 4.68 Å². The minimum atomic E-state index is -1.17. The van der Waals surface area contributed by atoms with Crippen molar-refractivity contribution in [3.8, 4) is 11.3 Å². The van der Waals surface area contributed by atoms with Crippen LogP contribution >= 0.6 is 0 Å². The van der Waals surface area contributed by atoms with Crippen LogP contribution in [0.15, 0.2) is 24.3 Å². The summed E-state index contributed by atoms with van der Waals surface area (Å²) >= 11 is 0. The van der Waals surface area contributed by atoms with Gasteiger partial charge in [-0.05, 0) is 24.3 Å². The van der Waals surface area contributed by atoms with Gasteiger partial charge in [-0.1, -0.05) is 0 Å². The van der Waals surface area contributed by atoms with Crippen LogP contribution in [0.5, 0.6) is 0 Å². The van der Waals surface area contributed by atoms with Crippen LogP contribution in [0.3, 0.4) is 0 Å². The molecule has 0 saturated heterocycles. The molecule has 17 heavy (non-hydrogen) atoms. The maximum atomic E-state index is 13.0. The highest BCUT2D eigenvalue weighted by atomic mass is 19.2. The van der Waals surface area contributed by atoms with E-state index in [9.17, 15) is 13.6 Å². The molecule has 0 fully saturated rings. The van der Waals surface area contributed by atoms with Crippen molar-refractivity contribution < 1.29 is 18.7 Å². The number of aromatic nitrogens is 2. The second-order valence-corrected chi connectivity index (χ2v) is 3.47. The molecule has 2 rings (SSSR count). The van der Waals surface area contributed by atoms with Crippen molar-refractivity contribution in [2.24, 2.45) is 7.05 Å². The van der Waals surface area contributed by atoms with Crippen molar-refractivity contribution >= 4 is 5.97 Å². The van der Waals surface area contributed by atoms with Crippen LogP contribution < -0.4 is 0 Å². The summed E-state index contributed by atoms with van der Waals surface area (Å²) in [5, 5.41) is 12.5. The molecule has 0 amide bonds. The standard InChI is InChI=1S/C11H8F2N2O2/c1-15-10(5-9(14-15)11(16)17)6-2-3-7(12)8(13)4-6/h2-5H,1H3,(H,16,17). The first-order valence-corrected chi connectivity index (χ1v) is 4.72. The van der Waals surface area contributed by atoms with Crippen LogP contribution in [0.2, 0.25) is 0 Å². The number of hydrogen-bond donors (Lipinski definition) is 1. The molecule has 2 aromatic rings. The first kappa shape index (κ1) is 11.3. The van der Waals surface area contributed by atoms with Gasteiger partial charge < -0.3 is 5.11 Å². The zero-order valence-electron chi connectivity index (χ0n) is 8.82. The van der Waals surface area contributed by atoms with E-state index in [4.69, 9.17) is 5.11 Å². The molecule has 0 aliphatic rings. The highest BCUT2D eigenvalue weighted by Crippen LogP contribution is 2.22. The monoisotopic (exact) mass is 238 g/mol. The van der Waals surface area contributed by atoms with Crippen molar-refractivity contribution in [1.29, 1.82) is 0 Å². The summed E-state index contributed by atoms with van der Waals surface area (Å²) in [6, 6.07) is 4.64. The Bertz CT molecular complexity index is 593. The summed E-state index contributed by atoms with van der Waals surface area (Å²) in [4.78, 5) is 10.7. The molecule has 0 saturated carbocycles. The Labute approximate surface area is 95.1 Å². The van der Waals surface area contributed by atoms with E-state index in [1.54, 1.807) is 0 Å². The topological polar surface area (TPSA) is 55.1 Å². The predicted octanol–water partition coefficient (Wildman–Crippen LogP) is 2.06. The Morgan fingerprint density at radius 1 is 1.29 bits per heavy atom. The molecule has 0 atom stereocenters. The van der Waals surface area contributed by atoms with Crippen molar-refractivity contribution in [3.05, 3.63) is 41.6 Å². The van der Waals surface area contributed by atoms with Gasteiger partial charge in [0, 0.05) is 12.6 Å². The molecule has 0 spiro atoms. The predicted molar refractivity (Wildman–Crippen MR) is 55.5 cm³/mol. The lowest BCUT2D eigenvalue weighted by atomic mass is 10.1. The molecule has 0 radical (unpaired) electrons. The van der Waals surface area contributed by atoms with E-state index < -0.39 is 17.6 Å². The molecule has 0 bridgehead atoms. The number of rotatable bonds is 2. The number of nitrogens with zero attached hydrogens (tertiary/aromatic N) is 2. The van der Waals surface area contributed by atoms with Crippen LogP contribution in [0, 0.1) is 11.6 Å². The minimum absolute atomic E-state index is 0.146. The summed E-state index contributed by atoms with van der Waals surface area (Å²) in [6.45, 7) is 0. The molecule has 1 N–H and O–H groups in total. The van der Waals surface area contributed by atoms with Gasteiger partial charge >= 0.3 is 5.97 Å². The van der Waals surface area contributed by atoms with E-state index in [1.807, 2.05) is 0 Å².